The Kier molecular flexibility index (Phi) is 12.4. The molecule has 2 aliphatic heterocycles. The van der Waals surface area contributed by atoms with Gasteiger partial charge in [0.15, 0.2) is 6.10 Å². The van der Waals surface area contributed by atoms with Crippen LogP contribution >= 0.6 is 0 Å². The summed E-state index contributed by atoms with van der Waals surface area (Å²) in [6.45, 7) is -1.93. The Labute approximate surface area is 263 Å². The minimum atomic E-state index is -4.91. The van der Waals surface area contributed by atoms with Crippen molar-refractivity contribution in [3.05, 3.63) is 0 Å². The van der Waals surface area contributed by atoms with Crippen LogP contribution in [-0.2, 0) is 52.3 Å². The summed E-state index contributed by atoms with van der Waals surface area (Å²) in [7, 11) is 0. The number of ether oxygens (including phenoxy) is 7. The normalized spacial score (nSPS) is 39.7. The molecule has 0 spiro atoms. The zero-order valence-corrected chi connectivity index (χ0v) is 25.1. The summed E-state index contributed by atoms with van der Waals surface area (Å²) in [6, 6.07) is 0. The summed E-state index contributed by atoms with van der Waals surface area (Å²) < 4.78 is 34.6. The average Bonchev–Trinajstić information content (AvgIpc) is 3.22. The fourth-order valence-corrected chi connectivity index (χ4v) is 4.19. The molecule has 2 fully saturated rings. The van der Waals surface area contributed by atoms with Crippen LogP contribution in [-0.4, -0.2) is 183 Å². The van der Waals surface area contributed by atoms with E-state index in [-0.39, 0.29) is 0 Å². The first-order chi connectivity index (χ1) is 21.5. The van der Waals surface area contributed by atoms with Gasteiger partial charge >= 0.3 is 47.2 Å². The number of carbonyl (C=O) groups excluding carboxylic acids is 4. The van der Waals surface area contributed by atoms with Gasteiger partial charge in [0.05, 0.1) is 13.2 Å². The number of esters is 4. The average molecular weight is 695 g/mol. The Morgan fingerprint density at radius 1 is 0.660 bits per heavy atom. The van der Waals surface area contributed by atoms with Gasteiger partial charge in [-0.2, -0.15) is 0 Å². The third-order valence-electron chi connectivity index (χ3n) is 6.83. The van der Waals surface area contributed by atoms with Crippen LogP contribution in [0.15, 0.2) is 0 Å². The Morgan fingerprint density at radius 3 is 1.47 bits per heavy atom. The molecule has 0 bridgehead atoms. The molecule has 0 aromatic carbocycles. The number of hydrogen-bond donors (Lipinski definition) is 12. The van der Waals surface area contributed by atoms with Crippen LogP contribution in [0.25, 0.3) is 0 Å². The second kappa shape index (κ2) is 14.4. The highest BCUT2D eigenvalue weighted by Gasteiger charge is 2.89. The van der Waals surface area contributed by atoms with Crippen LogP contribution in [0, 0.1) is 0 Å². The Hall–Kier alpha value is -2.72. The maximum Gasteiger partial charge on any atom is 0.410 e. The number of aliphatic hydroxyl groups is 12. The molecule has 12 N–H and O–H groups in total. The molecule has 0 amide bonds. The third-order valence-corrected chi connectivity index (χ3v) is 6.83. The fraction of sp³-hybridized carbons (Fsp3) is 0.833. The van der Waals surface area contributed by atoms with Crippen molar-refractivity contribution in [2.45, 2.75) is 106 Å². The molecule has 0 aliphatic carbocycles. The zero-order chi connectivity index (χ0) is 36.5. The van der Waals surface area contributed by atoms with E-state index in [1.165, 1.54) is 0 Å². The first-order valence-electron chi connectivity index (χ1n) is 13.5. The Bertz CT molecular complexity index is 1160. The summed E-state index contributed by atoms with van der Waals surface area (Å²) in [5.41, 5.74) is 0. The van der Waals surface area contributed by atoms with Gasteiger partial charge in [0.2, 0.25) is 5.79 Å². The van der Waals surface area contributed by atoms with E-state index in [1.807, 2.05) is 0 Å². The molecule has 0 aromatic rings. The number of rotatable bonds is 13. The first-order valence-corrected chi connectivity index (χ1v) is 13.5. The van der Waals surface area contributed by atoms with Crippen LogP contribution < -0.4 is 0 Å². The highest BCUT2D eigenvalue weighted by atomic mass is 17.0. The smallest absolute Gasteiger partial charge is 0.410 e. The van der Waals surface area contributed by atoms with Crippen molar-refractivity contribution < 1.29 is 114 Å². The van der Waals surface area contributed by atoms with Crippen molar-refractivity contribution in [3.63, 3.8) is 0 Å². The van der Waals surface area contributed by atoms with Gasteiger partial charge in [-0.15, -0.1) is 0 Å². The highest BCUT2D eigenvalue weighted by Crippen LogP contribution is 2.55. The summed E-state index contributed by atoms with van der Waals surface area (Å²) in [4.78, 5) is 50.9. The molecular formula is C24H38O23. The van der Waals surface area contributed by atoms with Gasteiger partial charge in [-0.3, -0.25) is 9.47 Å². The summed E-state index contributed by atoms with van der Waals surface area (Å²) >= 11 is 0. The van der Waals surface area contributed by atoms with Crippen molar-refractivity contribution >= 4 is 23.9 Å². The molecule has 272 valence electrons. The van der Waals surface area contributed by atoms with Gasteiger partial charge in [-0.1, -0.05) is 0 Å². The lowest BCUT2D eigenvalue weighted by atomic mass is 9.85. The lowest BCUT2D eigenvalue weighted by Crippen LogP contribution is -2.89. The molecule has 0 aromatic heterocycles. The van der Waals surface area contributed by atoms with E-state index in [1.54, 1.807) is 0 Å². The van der Waals surface area contributed by atoms with Crippen LogP contribution in [0.1, 0.15) is 27.7 Å². The van der Waals surface area contributed by atoms with E-state index in [9.17, 15) is 80.5 Å². The predicted molar refractivity (Wildman–Crippen MR) is 136 cm³/mol. The van der Waals surface area contributed by atoms with Gasteiger partial charge in [0.1, 0.15) is 49.3 Å². The first kappa shape index (κ1) is 40.5. The maximum absolute atomic E-state index is 12.9. The van der Waals surface area contributed by atoms with Crippen molar-refractivity contribution in [2.75, 3.05) is 19.8 Å². The second-order valence-electron chi connectivity index (χ2n) is 10.6. The highest BCUT2D eigenvalue weighted by molar-refractivity contribution is 5.77. The molecule has 5 unspecified atom stereocenters. The van der Waals surface area contributed by atoms with E-state index >= 15 is 0 Å². The Balaban J connectivity index is 3.17. The molecular weight excluding hydrogens is 656 g/mol. The predicted octanol–water partition coefficient (Wildman–Crippen LogP) is -8.39. The van der Waals surface area contributed by atoms with Gasteiger partial charge in [-0.05, 0) is 27.7 Å². The fourth-order valence-electron chi connectivity index (χ4n) is 4.19. The van der Waals surface area contributed by atoms with Gasteiger partial charge < -0.3 is 85.0 Å². The van der Waals surface area contributed by atoms with Crippen LogP contribution in [0.5, 0.6) is 0 Å². The second-order valence-corrected chi connectivity index (χ2v) is 10.6. The molecule has 2 heterocycles. The number of aliphatic hydroxyl groups excluding tert-OH is 9. The molecule has 23 heteroatoms. The van der Waals surface area contributed by atoms with Crippen molar-refractivity contribution in [1.29, 1.82) is 0 Å². The third kappa shape index (κ3) is 6.91. The summed E-state index contributed by atoms with van der Waals surface area (Å²) in [6.07, 6.45) is -19.0. The molecule has 0 saturated carbocycles. The molecule has 23 nitrogen and oxygen atoms in total. The van der Waals surface area contributed by atoms with E-state index in [0.29, 0.717) is 27.7 Å². The monoisotopic (exact) mass is 694 g/mol. The molecule has 2 aliphatic rings. The van der Waals surface area contributed by atoms with E-state index in [2.05, 4.69) is 9.47 Å². The lowest BCUT2D eigenvalue weighted by Gasteiger charge is -2.59. The zero-order valence-electron chi connectivity index (χ0n) is 25.1. The quantitative estimate of drug-likeness (QED) is 0.0483. The topological polar surface area (TPSA) is 376 Å². The van der Waals surface area contributed by atoms with Gasteiger partial charge in [0, 0.05) is 0 Å². The summed E-state index contributed by atoms with van der Waals surface area (Å²) in [5.74, 6) is -30.2. The molecule has 0 radical (unpaired) electrons. The van der Waals surface area contributed by atoms with Gasteiger partial charge in [-0.25, -0.2) is 19.2 Å². The molecule has 47 heavy (non-hydrogen) atoms. The lowest BCUT2D eigenvalue weighted by molar-refractivity contribution is -0.616. The maximum atomic E-state index is 12.9. The van der Waals surface area contributed by atoms with Crippen molar-refractivity contribution in [1.82, 2.24) is 0 Å². The molecule has 2 rings (SSSR count). The SMILES string of the molecule is CC(O)C(=O)O[C@@]1(OC2(CO)O[C@H](CO)[C@@H](O)[C@@H]2O)O[C@H](CO)[C@](O)(OC(=O)C(C)O)[C@@](O)(OC(=O)C(C)O)[C@]1(O)OC(=O)C(C)O. The standard InChI is InChI=1S/C24H38O23/c1-8(28)16(34)43-21(38)13(6-26)42-24(46-19(37)11(4)31,47-20(7-27)15(33)14(32)12(5-25)41-20)23(40,45-18(36)10(3)30)22(21,39)44-17(35)9(2)29/h8-15,25-33,38-40H,5-7H2,1-4H3/t8?,9?,10?,11?,12-,13-,14-,15+,20?,21+,22-,23+,24+/m1/s1. The largest absolute Gasteiger partial charge is 0.421 e. The van der Waals surface area contributed by atoms with Crippen molar-refractivity contribution in [2.24, 2.45) is 0 Å². The minimum Gasteiger partial charge on any atom is -0.421 e. The van der Waals surface area contributed by atoms with Gasteiger partial charge in [0.25, 0.3) is 0 Å². The van der Waals surface area contributed by atoms with E-state index < -0.39 is 122 Å². The molecule has 13 atom stereocenters. The Morgan fingerprint density at radius 2 is 1.09 bits per heavy atom. The van der Waals surface area contributed by atoms with Crippen LogP contribution in [0.4, 0.5) is 0 Å². The van der Waals surface area contributed by atoms with Crippen LogP contribution in [0.3, 0.4) is 0 Å². The van der Waals surface area contributed by atoms with Crippen LogP contribution in [0.2, 0.25) is 0 Å². The number of hydrogen-bond acceptors (Lipinski definition) is 23. The minimum absolute atomic E-state index is 0.651. The summed E-state index contributed by atoms with van der Waals surface area (Å²) in [5, 5.41) is 126. The van der Waals surface area contributed by atoms with E-state index in [4.69, 9.17) is 23.7 Å². The number of carbonyl (C=O) groups is 4. The van der Waals surface area contributed by atoms with Crippen molar-refractivity contribution in [3.8, 4) is 0 Å². The van der Waals surface area contributed by atoms with E-state index in [0.717, 1.165) is 0 Å². The molecule has 2 saturated heterocycles.